The minimum Gasteiger partial charge on any atom is -0.497 e. The van der Waals surface area contributed by atoms with Gasteiger partial charge in [0.1, 0.15) is 18.0 Å². The van der Waals surface area contributed by atoms with Gasteiger partial charge in [-0.1, -0.05) is 13.3 Å². The normalized spacial score (nSPS) is 20.2. The van der Waals surface area contributed by atoms with Crippen LogP contribution in [0.5, 0.6) is 11.5 Å². The number of ether oxygens (including phenoxy) is 2. The van der Waals surface area contributed by atoms with Crippen LogP contribution in [0.15, 0.2) is 18.2 Å². The second-order valence-electron chi connectivity index (χ2n) is 6.99. The number of piperidine rings is 1. The first-order valence-corrected chi connectivity index (χ1v) is 9.38. The van der Waals surface area contributed by atoms with Gasteiger partial charge in [-0.2, -0.15) is 0 Å². The highest BCUT2D eigenvalue weighted by molar-refractivity contribution is 5.78. The van der Waals surface area contributed by atoms with Gasteiger partial charge in [-0.25, -0.2) is 0 Å². The monoisotopic (exact) mass is 349 g/mol. The maximum atomic E-state index is 12.5. The van der Waals surface area contributed by atoms with Gasteiger partial charge in [0.15, 0.2) is 0 Å². The Morgan fingerprint density at radius 1 is 1.24 bits per heavy atom. The number of hydrogen-bond donors (Lipinski definition) is 1. The molecule has 1 N–H and O–H groups in total. The van der Waals surface area contributed by atoms with Crippen LogP contribution in [0.1, 0.15) is 38.2 Å². The van der Waals surface area contributed by atoms with Gasteiger partial charge in [0, 0.05) is 32.4 Å². The van der Waals surface area contributed by atoms with E-state index in [4.69, 9.17) is 9.47 Å². The summed E-state index contributed by atoms with van der Waals surface area (Å²) >= 11 is 0. The summed E-state index contributed by atoms with van der Waals surface area (Å²) in [5, 5.41) is 0. The van der Waals surface area contributed by atoms with Gasteiger partial charge in [-0.15, -0.1) is 0 Å². The molecule has 5 nitrogen and oxygen atoms in total. The third-order valence-electron chi connectivity index (χ3n) is 5.19. The summed E-state index contributed by atoms with van der Waals surface area (Å²) in [6.45, 7) is 6.00. The summed E-state index contributed by atoms with van der Waals surface area (Å²) in [7, 11) is 5.33. The van der Waals surface area contributed by atoms with Crippen LogP contribution in [-0.4, -0.2) is 51.7 Å². The zero-order chi connectivity index (χ0) is 18.2. The van der Waals surface area contributed by atoms with Crippen LogP contribution in [0.3, 0.4) is 0 Å². The second kappa shape index (κ2) is 9.66. The molecule has 25 heavy (non-hydrogen) atoms. The van der Waals surface area contributed by atoms with Crippen molar-refractivity contribution in [2.75, 3.05) is 40.9 Å². The number of unbranched alkanes of at least 4 members (excludes halogenated alkanes) is 1. The van der Waals surface area contributed by atoms with E-state index in [1.165, 1.54) is 10.5 Å². The van der Waals surface area contributed by atoms with Crippen molar-refractivity contribution >= 4 is 5.91 Å². The van der Waals surface area contributed by atoms with E-state index < -0.39 is 0 Å². The first-order valence-electron chi connectivity index (χ1n) is 9.38. The molecule has 1 aliphatic rings. The lowest BCUT2D eigenvalue weighted by Gasteiger charge is -2.31. The summed E-state index contributed by atoms with van der Waals surface area (Å²) in [4.78, 5) is 16.0. The maximum absolute atomic E-state index is 12.5. The molecule has 1 amide bonds. The lowest BCUT2D eigenvalue weighted by atomic mass is 9.95. The highest BCUT2D eigenvalue weighted by Crippen LogP contribution is 2.23. The van der Waals surface area contributed by atoms with E-state index in [9.17, 15) is 4.79 Å². The molecule has 0 saturated carbocycles. The molecule has 1 heterocycles. The standard InChI is InChI=1S/C20H32N2O3/c1-5-6-11-21(2)20(23)16-9-12-22(13-10-16)15-17-14-18(24-3)7-8-19(17)25-4/h7-8,14,16H,5-6,9-13,15H2,1-4H3/p+1. The second-order valence-corrected chi connectivity index (χ2v) is 6.99. The van der Waals surface area contributed by atoms with Crippen LogP contribution in [0.4, 0.5) is 0 Å². The molecule has 0 aromatic heterocycles. The number of benzene rings is 1. The van der Waals surface area contributed by atoms with Gasteiger partial charge in [-0.3, -0.25) is 4.79 Å². The molecule has 5 heteroatoms. The van der Waals surface area contributed by atoms with Crippen LogP contribution in [0.2, 0.25) is 0 Å². The molecule has 1 aromatic carbocycles. The minimum atomic E-state index is 0.192. The zero-order valence-corrected chi connectivity index (χ0v) is 16.1. The van der Waals surface area contributed by atoms with Crippen LogP contribution < -0.4 is 14.4 Å². The molecule has 0 aliphatic carbocycles. The van der Waals surface area contributed by atoms with Crippen molar-refractivity contribution in [3.63, 3.8) is 0 Å². The van der Waals surface area contributed by atoms with E-state index in [1.807, 2.05) is 24.1 Å². The number of nitrogens with one attached hydrogen (secondary N) is 1. The van der Waals surface area contributed by atoms with Crippen molar-refractivity contribution in [2.24, 2.45) is 5.92 Å². The van der Waals surface area contributed by atoms with Crippen molar-refractivity contribution in [2.45, 2.75) is 39.2 Å². The molecule has 1 aliphatic heterocycles. The fourth-order valence-corrected chi connectivity index (χ4v) is 3.56. The topological polar surface area (TPSA) is 43.2 Å². The smallest absolute Gasteiger partial charge is 0.225 e. The lowest BCUT2D eigenvalue weighted by molar-refractivity contribution is -0.919. The molecule has 140 valence electrons. The number of likely N-dealkylation sites (tertiary alicyclic amines) is 1. The van der Waals surface area contributed by atoms with Crippen LogP contribution in [-0.2, 0) is 11.3 Å². The predicted octanol–water partition coefficient (Wildman–Crippen LogP) is 1.76. The zero-order valence-electron chi connectivity index (χ0n) is 16.1. The number of rotatable bonds is 8. The average molecular weight is 349 g/mol. The molecule has 1 fully saturated rings. The van der Waals surface area contributed by atoms with E-state index in [0.717, 1.165) is 63.4 Å². The quantitative estimate of drug-likeness (QED) is 0.778. The van der Waals surface area contributed by atoms with Crippen LogP contribution in [0, 0.1) is 5.92 Å². The predicted molar refractivity (Wildman–Crippen MR) is 99.2 cm³/mol. The Hall–Kier alpha value is -1.75. The fourth-order valence-electron chi connectivity index (χ4n) is 3.56. The minimum absolute atomic E-state index is 0.192. The molecule has 0 unspecified atom stereocenters. The summed E-state index contributed by atoms with van der Waals surface area (Å²) < 4.78 is 10.8. The molecule has 0 bridgehead atoms. The number of hydrogen-bond acceptors (Lipinski definition) is 3. The van der Waals surface area contributed by atoms with E-state index in [-0.39, 0.29) is 5.92 Å². The van der Waals surface area contributed by atoms with Crippen molar-refractivity contribution in [3.8, 4) is 11.5 Å². The summed E-state index contributed by atoms with van der Waals surface area (Å²) in [6.07, 6.45) is 4.15. The van der Waals surface area contributed by atoms with Gasteiger partial charge in [0.25, 0.3) is 0 Å². The molecule has 0 spiro atoms. The van der Waals surface area contributed by atoms with E-state index in [2.05, 4.69) is 13.0 Å². The Kier molecular flexibility index (Phi) is 7.56. The highest BCUT2D eigenvalue weighted by atomic mass is 16.5. The first kappa shape index (κ1) is 19.6. The summed E-state index contributed by atoms with van der Waals surface area (Å²) in [5.41, 5.74) is 1.17. The Labute approximate surface area is 151 Å². The van der Waals surface area contributed by atoms with E-state index in [0.29, 0.717) is 5.91 Å². The number of amides is 1. The number of quaternary nitrogens is 1. The lowest BCUT2D eigenvalue weighted by Crippen LogP contribution is -3.11. The van der Waals surface area contributed by atoms with Gasteiger partial charge in [0.05, 0.1) is 32.9 Å². The molecule has 0 atom stereocenters. The SMILES string of the molecule is CCCCN(C)C(=O)C1CC[NH+](Cc2cc(OC)ccc2OC)CC1. The van der Waals surface area contributed by atoms with Crippen molar-refractivity contribution < 1.29 is 19.2 Å². The number of nitrogens with zero attached hydrogens (tertiary/aromatic N) is 1. The summed E-state index contributed by atoms with van der Waals surface area (Å²) in [6, 6.07) is 5.95. The average Bonchev–Trinajstić information content (AvgIpc) is 2.66. The van der Waals surface area contributed by atoms with Gasteiger partial charge in [0.2, 0.25) is 5.91 Å². The first-order chi connectivity index (χ1) is 12.1. The van der Waals surface area contributed by atoms with E-state index in [1.54, 1.807) is 14.2 Å². The van der Waals surface area contributed by atoms with Gasteiger partial charge in [-0.05, 0) is 24.6 Å². The largest absolute Gasteiger partial charge is 0.497 e. The number of methoxy groups -OCH3 is 2. The Morgan fingerprint density at radius 3 is 2.56 bits per heavy atom. The molecule has 1 saturated heterocycles. The van der Waals surface area contributed by atoms with Crippen LogP contribution >= 0.6 is 0 Å². The maximum Gasteiger partial charge on any atom is 0.225 e. The fraction of sp³-hybridized carbons (Fsp3) is 0.650. The molecular formula is C20H33N2O3+. The van der Waals surface area contributed by atoms with Gasteiger partial charge >= 0.3 is 0 Å². The van der Waals surface area contributed by atoms with E-state index >= 15 is 0 Å². The van der Waals surface area contributed by atoms with Crippen molar-refractivity contribution in [3.05, 3.63) is 23.8 Å². The third-order valence-corrected chi connectivity index (χ3v) is 5.19. The number of carbonyl (C=O) groups is 1. The molecule has 2 rings (SSSR count). The third kappa shape index (κ3) is 5.36. The Morgan fingerprint density at radius 2 is 1.96 bits per heavy atom. The molecular weight excluding hydrogens is 316 g/mol. The molecule has 0 radical (unpaired) electrons. The highest BCUT2D eigenvalue weighted by Gasteiger charge is 2.29. The van der Waals surface area contributed by atoms with Gasteiger partial charge < -0.3 is 19.3 Å². The number of carbonyl (C=O) groups excluding carboxylic acids is 1. The van der Waals surface area contributed by atoms with Crippen LogP contribution in [0.25, 0.3) is 0 Å². The summed E-state index contributed by atoms with van der Waals surface area (Å²) in [5.74, 6) is 2.29. The van der Waals surface area contributed by atoms with Crippen molar-refractivity contribution in [1.82, 2.24) is 4.90 Å². The Bertz CT molecular complexity index is 554. The van der Waals surface area contributed by atoms with Crippen molar-refractivity contribution in [1.29, 1.82) is 0 Å². The Balaban J connectivity index is 1.89. The molecule has 1 aromatic rings.